The maximum atomic E-state index is 3.54. The average molecular weight is 198 g/mol. The van der Waals surface area contributed by atoms with Crippen LogP contribution in [0.3, 0.4) is 0 Å². The van der Waals surface area contributed by atoms with Crippen LogP contribution in [0.4, 0.5) is 0 Å². The van der Waals surface area contributed by atoms with Crippen LogP contribution in [-0.2, 0) is 0 Å². The van der Waals surface area contributed by atoms with Gasteiger partial charge in [-0.2, -0.15) is 0 Å². The predicted octanol–water partition coefficient (Wildman–Crippen LogP) is 2.01. The fourth-order valence-electron chi connectivity index (χ4n) is 1.74. The fraction of sp³-hybridized carbons (Fsp3) is 1.00. The second-order valence-electron chi connectivity index (χ2n) is 4.99. The predicted molar refractivity (Wildman–Crippen MR) is 62.5 cm³/mol. The molecule has 1 aliphatic carbocycles. The van der Waals surface area contributed by atoms with Gasteiger partial charge in [-0.25, -0.2) is 0 Å². The molecule has 1 rings (SSSR count). The highest BCUT2D eigenvalue weighted by Gasteiger charge is 2.31. The van der Waals surface area contributed by atoms with Gasteiger partial charge in [0.15, 0.2) is 0 Å². The Kier molecular flexibility index (Phi) is 5.49. The summed E-state index contributed by atoms with van der Waals surface area (Å²) in [6.45, 7) is 10.4. The average Bonchev–Trinajstić information content (AvgIpc) is 2.80. The highest BCUT2D eigenvalue weighted by Crippen LogP contribution is 2.36. The lowest BCUT2D eigenvalue weighted by Crippen LogP contribution is -2.25. The van der Waals surface area contributed by atoms with E-state index in [1.807, 2.05) is 0 Å². The van der Waals surface area contributed by atoms with E-state index < -0.39 is 0 Å². The van der Waals surface area contributed by atoms with Crippen molar-refractivity contribution in [1.29, 1.82) is 0 Å². The molecule has 1 aliphatic rings. The molecule has 0 radical (unpaired) electrons. The monoisotopic (exact) mass is 198 g/mol. The zero-order chi connectivity index (χ0) is 10.4. The van der Waals surface area contributed by atoms with Crippen molar-refractivity contribution >= 4 is 0 Å². The van der Waals surface area contributed by atoms with Gasteiger partial charge in [-0.1, -0.05) is 20.8 Å². The van der Waals surface area contributed by atoms with Crippen molar-refractivity contribution in [2.45, 2.75) is 46.1 Å². The normalized spacial score (nSPS) is 25.7. The van der Waals surface area contributed by atoms with Crippen LogP contribution >= 0.6 is 0 Å². The van der Waals surface area contributed by atoms with Crippen molar-refractivity contribution in [3.05, 3.63) is 0 Å². The molecule has 1 saturated carbocycles. The van der Waals surface area contributed by atoms with E-state index in [0.29, 0.717) is 6.04 Å². The third kappa shape index (κ3) is 5.61. The number of rotatable bonds is 8. The molecule has 0 spiro atoms. The van der Waals surface area contributed by atoms with Crippen molar-refractivity contribution in [1.82, 2.24) is 10.6 Å². The third-order valence-electron chi connectivity index (χ3n) is 3.02. The molecule has 0 aromatic heterocycles. The molecule has 0 bridgehead atoms. The van der Waals surface area contributed by atoms with E-state index in [1.165, 1.54) is 38.9 Å². The second kappa shape index (κ2) is 6.41. The summed E-state index contributed by atoms with van der Waals surface area (Å²) in [5, 5.41) is 6.97. The first-order chi connectivity index (χ1) is 6.70. The Labute approximate surface area is 88.8 Å². The lowest BCUT2D eigenvalue weighted by Gasteiger charge is -2.07. The maximum Gasteiger partial charge on any atom is 0.00103 e. The standard InChI is InChI=1S/C12H26N2/c1-10(2)14-7-5-4-6-13-9-12-8-11(12)3/h10-14H,4-9H2,1-3H3. The molecular weight excluding hydrogens is 172 g/mol. The number of unbranched alkanes of at least 4 members (excludes halogenated alkanes) is 1. The summed E-state index contributed by atoms with van der Waals surface area (Å²) >= 11 is 0. The van der Waals surface area contributed by atoms with Crippen molar-refractivity contribution in [2.24, 2.45) is 11.8 Å². The van der Waals surface area contributed by atoms with Crippen LogP contribution in [0.5, 0.6) is 0 Å². The van der Waals surface area contributed by atoms with Gasteiger partial charge >= 0.3 is 0 Å². The largest absolute Gasteiger partial charge is 0.316 e. The van der Waals surface area contributed by atoms with Crippen LogP contribution in [0.15, 0.2) is 0 Å². The molecule has 0 aromatic rings. The summed E-state index contributed by atoms with van der Waals surface area (Å²) in [5.41, 5.74) is 0. The van der Waals surface area contributed by atoms with E-state index in [4.69, 9.17) is 0 Å². The molecule has 0 saturated heterocycles. The van der Waals surface area contributed by atoms with E-state index in [9.17, 15) is 0 Å². The van der Waals surface area contributed by atoms with Crippen molar-refractivity contribution in [3.63, 3.8) is 0 Å². The topological polar surface area (TPSA) is 24.1 Å². The fourth-order valence-corrected chi connectivity index (χ4v) is 1.74. The quantitative estimate of drug-likeness (QED) is 0.583. The molecule has 2 N–H and O–H groups in total. The Morgan fingerprint density at radius 2 is 1.86 bits per heavy atom. The van der Waals surface area contributed by atoms with E-state index in [2.05, 4.69) is 31.4 Å². The van der Waals surface area contributed by atoms with Gasteiger partial charge in [0, 0.05) is 6.04 Å². The highest BCUT2D eigenvalue weighted by atomic mass is 14.9. The molecule has 2 nitrogen and oxygen atoms in total. The van der Waals surface area contributed by atoms with Gasteiger partial charge in [-0.15, -0.1) is 0 Å². The molecule has 1 fully saturated rings. The smallest absolute Gasteiger partial charge is 0.00103 e. The lowest BCUT2D eigenvalue weighted by molar-refractivity contribution is 0.532. The molecule has 0 amide bonds. The Morgan fingerprint density at radius 1 is 1.21 bits per heavy atom. The van der Waals surface area contributed by atoms with Gasteiger partial charge < -0.3 is 10.6 Å². The Morgan fingerprint density at radius 3 is 2.43 bits per heavy atom. The van der Waals surface area contributed by atoms with E-state index in [-0.39, 0.29) is 0 Å². The summed E-state index contributed by atoms with van der Waals surface area (Å²) in [4.78, 5) is 0. The number of nitrogens with one attached hydrogen (secondary N) is 2. The molecular formula is C12H26N2. The first-order valence-corrected chi connectivity index (χ1v) is 6.14. The summed E-state index contributed by atoms with van der Waals surface area (Å²) in [6, 6.07) is 0.635. The van der Waals surface area contributed by atoms with Gasteiger partial charge in [0.2, 0.25) is 0 Å². The molecule has 2 atom stereocenters. The SMILES string of the molecule is CC(C)NCCCCNCC1CC1C. The molecule has 0 aliphatic heterocycles. The second-order valence-corrected chi connectivity index (χ2v) is 4.99. The minimum Gasteiger partial charge on any atom is -0.316 e. The Balaban J connectivity index is 1.72. The molecule has 14 heavy (non-hydrogen) atoms. The van der Waals surface area contributed by atoms with Crippen LogP contribution in [-0.4, -0.2) is 25.7 Å². The zero-order valence-electron chi connectivity index (χ0n) is 9.97. The number of hydrogen-bond acceptors (Lipinski definition) is 2. The highest BCUT2D eigenvalue weighted by molar-refractivity contribution is 4.83. The first-order valence-electron chi connectivity index (χ1n) is 6.14. The van der Waals surface area contributed by atoms with Crippen molar-refractivity contribution in [2.75, 3.05) is 19.6 Å². The summed E-state index contributed by atoms with van der Waals surface area (Å²) in [6.07, 6.45) is 4.05. The van der Waals surface area contributed by atoms with Crippen LogP contribution < -0.4 is 10.6 Å². The van der Waals surface area contributed by atoms with Crippen molar-refractivity contribution < 1.29 is 0 Å². The summed E-state index contributed by atoms with van der Waals surface area (Å²) in [5.74, 6) is 1.98. The first kappa shape index (κ1) is 12.0. The van der Waals surface area contributed by atoms with E-state index in [1.54, 1.807) is 0 Å². The summed E-state index contributed by atoms with van der Waals surface area (Å²) < 4.78 is 0. The van der Waals surface area contributed by atoms with Crippen LogP contribution in [0, 0.1) is 11.8 Å². The molecule has 2 unspecified atom stereocenters. The van der Waals surface area contributed by atoms with E-state index >= 15 is 0 Å². The number of hydrogen-bond donors (Lipinski definition) is 2. The lowest BCUT2D eigenvalue weighted by atomic mass is 10.2. The van der Waals surface area contributed by atoms with Gasteiger partial charge in [0.25, 0.3) is 0 Å². The molecule has 84 valence electrons. The van der Waals surface area contributed by atoms with Gasteiger partial charge in [0.05, 0.1) is 0 Å². The maximum absolute atomic E-state index is 3.54. The van der Waals surface area contributed by atoms with Gasteiger partial charge in [0.1, 0.15) is 0 Å². The Hall–Kier alpha value is -0.0800. The van der Waals surface area contributed by atoms with Crippen LogP contribution in [0.1, 0.15) is 40.0 Å². The summed E-state index contributed by atoms with van der Waals surface area (Å²) in [7, 11) is 0. The minimum absolute atomic E-state index is 0.635. The van der Waals surface area contributed by atoms with Gasteiger partial charge in [-0.05, 0) is 50.7 Å². The van der Waals surface area contributed by atoms with E-state index in [0.717, 1.165) is 11.8 Å². The molecule has 0 heterocycles. The van der Waals surface area contributed by atoms with Crippen LogP contribution in [0.2, 0.25) is 0 Å². The third-order valence-corrected chi connectivity index (χ3v) is 3.02. The zero-order valence-corrected chi connectivity index (χ0v) is 9.97. The molecule has 2 heteroatoms. The minimum atomic E-state index is 0.635. The van der Waals surface area contributed by atoms with Crippen LogP contribution in [0.25, 0.3) is 0 Å². The van der Waals surface area contributed by atoms with Gasteiger partial charge in [-0.3, -0.25) is 0 Å². The molecule has 0 aromatic carbocycles. The van der Waals surface area contributed by atoms with Crippen molar-refractivity contribution in [3.8, 4) is 0 Å². The Bertz CT molecular complexity index is 145.